The van der Waals surface area contributed by atoms with E-state index in [2.05, 4.69) is 10.1 Å². The SMILES string of the molecule is Oc1cnn2cccnc12. The van der Waals surface area contributed by atoms with E-state index in [0.29, 0.717) is 5.65 Å². The lowest BCUT2D eigenvalue weighted by Crippen LogP contribution is -1.85. The molecule has 50 valence electrons. The molecule has 0 bridgehead atoms. The molecule has 0 aromatic carbocycles. The summed E-state index contributed by atoms with van der Waals surface area (Å²) >= 11 is 0. The molecule has 4 nitrogen and oxygen atoms in total. The Labute approximate surface area is 56.8 Å². The zero-order chi connectivity index (χ0) is 6.97. The van der Waals surface area contributed by atoms with E-state index >= 15 is 0 Å². The Bertz CT molecular complexity index is 355. The number of fused-ring (bicyclic) bond motifs is 1. The third-order valence-corrected chi connectivity index (χ3v) is 1.26. The lowest BCUT2D eigenvalue weighted by atomic mass is 10.6. The Kier molecular flexibility index (Phi) is 0.887. The van der Waals surface area contributed by atoms with Crippen molar-refractivity contribution < 1.29 is 5.11 Å². The van der Waals surface area contributed by atoms with Gasteiger partial charge in [-0.15, -0.1) is 0 Å². The summed E-state index contributed by atoms with van der Waals surface area (Å²) < 4.78 is 1.51. The zero-order valence-corrected chi connectivity index (χ0v) is 5.10. The smallest absolute Gasteiger partial charge is 0.197 e. The Morgan fingerprint density at radius 3 is 3.20 bits per heavy atom. The molecule has 2 aromatic heterocycles. The number of aromatic nitrogens is 3. The highest BCUT2D eigenvalue weighted by molar-refractivity contribution is 5.50. The van der Waals surface area contributed by atoms with Crippen LogP contribution in [0.5, 0.6) is 5.75 Å². The summed E-state index contributed by atoms with van der Waals surface area (Å²) in [7, 11) is 0. The molecule has 0 unspecified atom stereocenters. The molecule has 0 fully saturated rings. The second kappa shape index (κ2) is 1.70. The summed E-state index contributed by atoms with van der Waals surface area (Å²) in [5.74, 6) is 0.112. The van der Waals surface area contributed by atoms with Crippen molar-refractivity contribution in [1.29, 1.82) is 0 Å². The van der Waals surface area contributed by atoms with E-state index in [1.807, 2.05) is 0 Å². The molecular formula is C6H5N3O. The minimum absolute atomic E-state index is 0.112. The number of hydrogen-bond acceptors (Lipinski definition) is 3. The van der Waals surface area contributed by atoms with Crippen LogP contribution >= 0.6 is 0 Å². The van der Waals surface area contributed by atoms with Gasteiger partial charge in [-0.2, -0.15) is 5.10 Å². The molecule has 1 N–H and O–H groups in total. The van der Waals surface area contributed by atoms with E-state index in [-0.39, 0.29) is 5.75 Å². The normalized spacial score (nSPS) is 10.4. The highest BCUT2D eigenvalue weighted by Gasteiger charge is 1.98. The van der Waals surface area contributed by atoms with Crippen molar-refractivity contribution in [2.45, 2.75) is 0 Å². The number of rotatable bonds is 0. The first-order valence-electron chi connectivity index (χ1n) is 2.85. The summed E-state index contributed by atoms with van der Waals surface area (Å²) in [4.78, 5) is 3.89. The van der Waals surface area contributed by atoms with Gasteiger partial charge in [-0.1, -0.05) is 0 Å². The molecule has 0 aliphatic carbocycles. The third-order valence-electron chi connectivity index (χ3n) is 1.26. The zero-order valence-electron chi connectivity index (χ0n) is 5.10. The molecule has 0 spiro atoms. The van der Waals surface area contributed by atoms with Gasteiger partial charge in [-0.05, 0) is 6.07 Å². The first kappa shape index (κ1) is 5.22. The Morgan fingerprint density at radius 1 is 1.50 bits per heavy atom. The minimum Gasteiger partial charge on any atom is -0.503 e. The van der Waals surface area contributed by atoms with E-state index in [0.717, 1.165) is 0 Å². The molecule has 0 aliphatic rings. The van der Waals surface area contributed by atoms with Crippen molar-refractivity contribution in [1.82, 2.24) is 14.6 Å². The second-order valence-corrected chi connectivity index (χ2v) is 1.92. The number of nitrogens with zero attached hydrogens (tertiary/aromatic N) is 3. The summed E-state index contributed by atoms with van der Waals surface area (Å²) in [5.41, 5.74) is 0.488. The molecular weight excluding hydrogens is 130 g/mol. The highest BCUT2D eigenvalue weighted by Crippen LogP contribution is 2.12. The molecule has 4 heteroatoms. The van der Waals surface area contributed by atoms with Gasteiger partial charge in [-0.3, -0.25) is 0 Å². The molecule has 0 atom stereocenters. The van der Waals surface area contributed by atoms with Crippen LogP contribution in [0.15, 0.2) is 24.7 Å². The quantitative estimate of drug-likeness (QED) is 0.570. The van der Waals surface area contributed by atoms with Crippen molar-refractivity contribution in [2.24, 2.45) is 0 Å². The van der Waals surface area contributed by atoms with Crippen molar-refractivity contribution in [3.8, 4) is 5.75 Å². The summed E-state index contributed by atoms with van der Waals surface area (Å²) in [6.45, 7) is 0. The van der Waals surface area contributed by atoms with Gasteiger partial charge in [0.1, 0.15) is 0 Å². The average molecular weight is 135 g/mol. The van der Waals surface area contributed by atoms with Crippen LogP contribution in [0.25, 0.3) is 5.65 Å². The largest absolute Gasteiger partial charge is 0.503 e. The van der Waals surface area contributed by atoms with Crippen LogP contribution in [0.2, 0.25) is 0 Å². The summed E-state index contributed by atoms with van der Waals surface area (Å²) in [6.07, 6.45) is 4.70. The van der Waals surface area contributed by atoms with Crippen LogP contribution in [0, 0.1) is 0 Å². The fourth-order valence-electron chi connectivity index (χ4n) is 0.815. The molecule has 2 heterocycles. The van der Waals surface area contributed by atoms with Crippen molar-refractivity contribution in [2.75, 3.05) is 0 Å². The molecule has 0 radical (unpaired) electrons. The minimum atomic E-state index is 0.112. The molecule has 0 aliphatic heterocycles. The monoisotopic (exact) mass is 135 g/mol. The van der Waals surface area contributed by atoms with Gasteiger partial charge in [0.2, 0.25) is 0 Å². The first-order chi connectivity index (χ1) is 4.88. The van der Waals surface area contributed by atoms with Gasteiger partial charge in [0, 0.05) is 12.4 Å². The topological polar surface area (TPSA) is 50.4 Å². The third kappa shape index (κ3) is 0.556. The molecule has 2 rings (SSSR count). The summed E-state index contributed by atoms with van der Waals surface area (Å²) in [6, 6.07) is 1.75. The van der Waals surface area contributed by atoms with Crippen LogP contribution in [0.3, 0.4) is 0 Å². The van der Waals surface area contributed by atoms with Crippen LogP contribution in [0.4, 0.5) is 0 Å². The fourth-order valence-corrected chi connectivity index (χ4v) is 0.815. The Balaban J connectivity index is 2.93. The van der Waals surface area contributed by atoms with E-state index < -0.39 is 0 Å². The van der Waals surface area contributed by atoms with Gasteiger partial charge in [0.15, 0.2) is 11.4 Å². The van der Waals surface area contributed by atoms with E-state index in [1.54, 1.807) is 18.5 Å². The molecule has 2 aromatic rings. The van der Waals surface area contributed by atoms with Crippen molar-refractivity contribution in [3.05, 3.63) is 24.7 Å². The number of hydrogen-bond donors (Lipinski definition) is 1. The predicted molar refractivity (Wildman–Crippen MR) is 34.7 cm³/mol. The van der Waals surface area contributed by atoms with Crippen LogP contribution in [-0.4, -0.2) is 19.7 Å². The van der Waals surface area contributed by atoms with Crippen molar-refractivity contribution >= 4 is 5.65 Å². The van der Waals surface area contributed by atoms with Gasteiger partial charge < -0.3 is 5.11 Å². The van der Waals surface area contributed by atoms with Gasteiger partial charge >= 0.3 is 0 Å². The predicted octanol–water partition coefficient (Wildman–Crippen LogP) is 0.435. The number of aromatic hydroxyl groups is 1. The van der Waals surface area contributed by atoms with Crippen LogP contribution in [-0.2, 0) is 0 Å². The van der Waals surface area contributed by atoms with E-state index in [9.17, 15) is 0 Å². The Hall–Kier alpha value is -1.58. The first-order valence-corrected chi connectivity index (χ1v) is 2.85. The van der Waals surface area contributed by atoms with E-state index in [1.165, 1.54) is 10.7 Å². The lowest BCUT2D eigenvalue weighted by Gasteiger charge is -1.87. The lowest BCUT2D eigenvalue weighted by molar-refractivity contribution is 0.480. The average Bonchev–Trinajstić information content (AvgIpc) is 2.34. The standard InChI is InChI=1S/C6H5N3O/c10-5-4-8-9-3-1-2-7-6(5)9/h1-4,10H. The van der Waals surface area contributed by atoms with Gasteiger partial charge in [-0.25, -0.2) is 9.50 Å². The van der Waals surface area contributed by atoms with Crippen LogP contribution < -0.4 is 0 Å². The molecule has 10 heavy (non-hydrogen) atoms. The maximum absolute atomic E-state index is 9.07. The molecule has 0 amide bonds. The fraction of sp³-hybridized carbons (Fsp3) is 0. The molecule has 0 saturated carbocycles. The second-order valence-electron chi connectivity index (χ2n) is 1.92. The van der Waals surface area contributed by atoms with Crippen molar-refractivity contribution in [3.63, 3.8) is 0 Å². The maximum atomic E-state index is 9.07. The van der Waals surface area contributed by atoms with Crippen LogP contribution in [0.1, 0.15) is 0 Å². The maximum Gasteiger partial charge on any atom is 0.197 e. The van der Waals surface area contributed by atoms with E-state index in [4.69, 9.17) is 5.11 Å². The Morgan fingerprint density at radius 2 is 2.40 bits per heavy atom. The van der Waals surface area contributed by atoms with Gasteiger partial charge in [0.25, 0.3) is 0 Å². The van der Waals surface area contributed by atoms with Gasteiger partial charge in [0.05, 0.1) is 6.20 Å². The highest BCUT2D eigenvalue weighted by atomic mass is 16.3. The summed E-state index contributed by atoms with van der Waals surface area (Å²) in [5, 5.41) is 12.9. The molecule has 0 saturated heterocycles.